The molecule has 0 saturated heterocycles. The van der Waals surface area contributed by atoms with Crippen LogP contribution in [0.4, 0.5) is 0 Å². The molecule has 2 aromatic rings. The van der Waals surface area contributed by atoms with E-state index in [0.29, 0.717) is 11.1 Å². The predicted octanol–water partition coefficient (Wildman–Crippen LogP) is 1.81. The first-order chi connectivity index (χ1) is 7.31. The number of benzene rings is 1. The van der Waals surface area contributed by atoms with Crippen LogP contribution in [0.15, 0.2) is 35.3 Å². The molecule has 1 N–H and O–H groups in total. The molecule has 0 unspecified atom stereocenters. The molecule has 0 spiro atoms. The van der Waals surface area contributed by atoms with Crippen LogP contribution in [0.3, 0.4) is 0 Å². The number of H-pyrrole nitrogens is 1. The third-order valence-corrected chi connectivity index (χ3v) is 2.23. The number of rotatable bonds is 0. The van der Waals surface area contributed by atoms with Gasteiger partial charge in [-0.25, -0.2) is 0 Å². The normalized spacial score (nSPS) is 9.67. The Hall–Kier alpha value is -1.66. The van der Waals surface area contributed by atoms with Gasteiger partial charge in [0.15, 0.2) is 5.43 Å². The summed E-state index contributed by atoms with van der Waals surface area (Å²) in [5, 5.41) is 0.689. The SMILES string of the molecule is O=c1cc[nH]c2cc(C#CCS)ccc12. The predicted molar refractivity (Wildman–Crippen MR) is 65.3 cm³/mol. The molecule has 0 amide bonds. The van der Waals surface area contributed by atoms with Crippen molar-refractivity contribution in [3.8, 4) is 11.8 Å². The van der Waals surface area contributed by atoms with Gasteiger partial charge in [-0.2, -0.15) is 12.6 Å². The minimum Gasteiger partial charge on any atom is -0.361 e. The number of fused-ring (bicyclic) bond motifs is 1. The number of aromatic nitrogens is 1. The molecule has 0 aliphatic heterocycles. The zero-order valence-corrected chi connectivity index (χ0v) is 8.84. The highest BCUT2D eigenvalue weighted by atomic mass is 32.1. The average molecular weight is 215 g/mol. The maximum absolute atomic E-state index is 11.4. The summed E-state index contributed by atoms with van der Waals surface area (Å²) < 4.78 is 0. The minimum atomic E-state index is 0.0254. The van der Waals surface area contributed by atoms with Gasteiger partial charge in [0, 0.05) is 23.2 Å². The lowest BCUT2D eigenvalue weighted by Gasteiger charge is -1.96. The van der Waals surface area contributed by atoms with Gasteiger partial charge in [-0.15, -0.1) is 0 Å². The van der Waals surface area contributed by atoms with Crippen LogP contribution in [0.25, 0.3) is 10.9 Å². The number of pyridine rings is 1. The first-order valence-corrected chi connectivity index (χ1v) is 5.16. The van der Waals surface area contributed by atoms with E-state index in [0.717, 1.165) is 11.1 Å². The lowest BCUT2D eigenvalue weighted by Crippen LogP contribution is -1.99. The van der Waals surface area contributed by atoms with E-state index in [4.69, 9.17) is 0 Å². The van der Waals surface area contributed by atoms with Crippen molar-refractivity contribution in [2.24, 2.45) is 0 Å². The number of aromatic amines is 1. The van der Waals surface area contributed by atoms with Crippen LogP contribution in [-0.4, -0.2) is 10.7 Å². The molecular weight excluding hydrogens is 206 g/mol. The van der Waals surface area contributed by atoms with Crippen LogP contribution >= 0.6 is 12.6 Å². The maximum atomic E-state index is 11.4. The van der Waals surface area contributed by atoms with Crippen molar-refractivity contribution in [3.63, 3.8) is 0 Å². The molecule has 0 aliphatic rings. The fourth-order valence-electron chi connectivity index (χ4n) is 1.39. The van der Waals surface area contributed by atoms with Crippen LogP contribution in [0.1, 0.15) is 5.56 Å². The molecule has 2 nitrogen and oxygen atoms in total. The maximum Gasteiger partial charge on any atom is 0.189 e. The molecule has 0 aliphatic carbocycles. The summed E-state index contributed by atoms with van der Waals surface area (Å²) in [6.45, 7) is 0. The molecule has 0 radical (unpaired) electrons. The van der Waals surface area contributed by atoms with E-state index in [9.17, 15) is 4.79 Å². The lowest BCUT2D eigenvalue weighted by atomic mass is 10.1. The molecular formula is C12H9NOS. The fourth-order valence-corrected chi connectivity index (χ4v) is 1.47. The molecule has 2 rings (SSSR count). The molecule has 1 aromatic heterocycles. The van der Waals surface area contributed by atoms with Crippen LogP contribution < -0.4 is 5.43 Å². The Bertz CT molecular complexity index is 604. The summed E-state index contributed by atoms with van der Waals surface area (Å²) in [6, 6.07) is 7.01. The van der Waals surface area contributed by atoms with Crippen molar-refractivity contribution < 1.29 is 0 Å². The number of hydrogen-bond acceptors (Lipinski definition) is 2. The van der Waals surface area contributed by atoms with E-state index in [1.807, 2.05) is 12.1 Å². The van der Waals surface area contributed by atoms with Gasteiger partial charge in [-0.3, -0.25) is 4.79 Å². The van der Waals surface area contributed by atoms with E-state index in [1.54, 1.807) is 12.3 Å². The smallest absolute Gasteiger partial charge is 0.189 e. The molecule has 3 heteroatoms. The molecule has 0 bridgehead atoms. The van der Waals surface area contributed by atoms with Crippen molar-refractivity contribution in [2.75, 3.05) is 5.75 Å². The Morgan fingerprint density at radius 1 is 1.33 bits per heavy atom. The fraction of sp³-hybridized carbons (Fsp3) is 0.0833. The highest BCUT2D eigenvalue weighted by molar-refractivity contribution is 7.80. The van der Waals surface area contributed by atoms with Crippen LogP contribution in [0.5, 0.6) is 0 Å². The molecule has 0 fully saturated rings. The lowest BCUT2D eigenvalue weighted by molar-refractivity contribution is 1.39. The second-order valence-electron chi connectivity index (χ2n) is 3.06. The molecule has 0 saturated carbocycles. The summed E-state index contributed by atoms with van der Waals surface area (Å²) in [7, 11) is 0. The molecule has 1 aromatic carbocycles. The van der Waals surface area contributed by atoms with E-state index in [-0.39, 0.29) is 5.43 Å². The zero-order chi connectivity index (χ0) is 10.7. The van der Waals surface area contributed by atoms with Crippen LogP contribution in [-0.2, 0) is 0 Å². The Balaban J connectivity index is 2.62. The largest absolute Gasteiger partial charge is 0.361 e. The van der Waals surface area contributed by atoms with E-state index in [1.165, 1.54) is 6.07 Å². The Labute approximate surface area is 92.7 Å². The number of nitrogens with one attached hydrogen (secondary N) is 1. The molecule has 1 heterocycles. The topological polar surface area (TPSA) is 32.9 Å². The first kappa shape index (κ1) is 9.88. The van der Waals surface area contributed by atoms with E-state index < -0.39 is 0 Å². The van der Waals surface area contributed by atoms with Gasteiger partial charge >= 0.3 is 0 Å². The van der Waals surface area contributed by atoms with Crippen molar-refractivity contribution in [3.05, 3.63) is 46.2 Å². The molecule has 0 atom stereocenters. The van der Waals surface area contributed by atoms with Gasteiger partial charge in [-0.05, 0) is 18.2 Å². The van der Waals surface area contributed by atoms with Gasteiger partial charge < -0.3 is 4.98 Å². The van der Waals surface area contributed by atoms with E-state index in [2.05, 4.69) is 29.5 Å². The third-order valence-electron chi connectivity index (χ3n) is 2.07. The van der Waals surface area contributed by atoms with Gasteiger partial charge in [0.05, 0.1) is 11.3 Å². The monoisotopic (exact) mass is 215 g/mol. The quantitative estimate of drug-likeness (QED) is 0.510. The second-order valence-corrected chi connectivity index (χ2v) is 3.38. The average Bonchev–Trinajstić information content (AvgIpc) is 2.26. The Kier molecular flexibility index (Phi) is 2.79. The Morgan fingerprint density at radius 3 is 3.00 bits per heavy atom. The van der Waals surface area contributed by atoms with Crippen LogP contribution in [0, 0.1) is 11.8 Å². The van der Waals surface area contributed by atoms with Gasteiger partial charge in [0.2, 0.25) is 0 Å². The standard InChI is InChI=1S/C12H9NOS/c14-12-5-6-13-11-8-9(2-1-7-15)3-4-10(11)12/h3-6,8,15H,7H2,(H,13,14). The van der Waals surface area contributed by atoms with Crippen molar-refractivity contribution in [1.29, 1.82) is 0 Å². The summed E-state index contributed by atoms with van der Waals surface area (Å²) in [5.74, 6) is 6.35. The highest BCUT2D eigenvalue weighted by Crippen LogP contribution is 2.08. The summed E-state index contributed by atoms with van der Waals surface area (Å²) >= 11 is 4.01. The molecule has 15 heavy (non-hydrogen) atoms. The second kappa shape index (κ2) is 4.24. The number of hydrogen-bond donors (Lipinski definition) is 2. The molecule has 74 valence electrons. The first-order valence-electron chi connectivity index (χ1n) is 4.52. The van der Waals surface area contributed by atoms with E-state index >= 15 is 0 Å². The summed E-state index contributed by atoms with van der Waals surface area (Å²) in [6.07, 6.45) is 1.64. The van der Waals surface area contributed by atoms with Crippen molar-refractivity contribution in [2.45, 2.75) is 0 Å². The van der Waals surface area contributed by atoms with Gasteiger partial charge in [-0.1, -0.05) is 11.8 Å². The third kappa shape index (κ3) is 2.05. The van der Waals surface area contributed by atoms with Gasteiger partial charge in [0.1, 0.15) is 0 Å². The minimum absolute atomic E-state index is 0.0254. The summed E-state index contributed by atoms with van der Waals surface area (Å²) in [4.78, 5) is 14.5. The van der Waals surface area contributed by atoms with Crippen LogP contribution in [0.2, 0.25) is 0 Å². The van der Waals surface area contributed by atoms with Crippen molar-refractivity contribution >= 4 is 23.5 Å². The Morgan fingerprint density at radius 2 is 2.20 bits per heavy atom. The summed E-state index contributed by atoms with van der Waals surface area (Å²) in [5.41, 5.74) is 1.73. The van der Waals surface area contributed by atoms with Crippen molar-refractivity contribution in [1.82, 2.24) is 4.98 Å². The zero-order valence-electron chi connectivity index (χ0n) is 7.95. The van der Waals surface area contributed by atoms with Gasteiger partial charge in [0.25, 0.3) is 0 Å². The highest BCUT2D eigenvalue weighted by Gasteiger charge is 1.97. The number of thiol groups is 1.